The van der Waals surface area contributed by atoms with Crippen LogP contribution in [-0.4, -0.2) is 4.57 Å². The number of benzene rings is 10. The molecule has 10 aromatic carbocycles. The summed E-state index contributed by atoms with van der Waals surface area (Å²) in [5.74, 6) is 0. The largest absolute Gasteiger partial charge is 0.454 e. The molecule has 0 radical (unpaired) electrons. The molecule has 0 saturated heterocycles. The highest BCUT2D eigenvalue weighted by Crippen LogP contribution is 2.44. The van der Waals surface area contributed by atoms with Crippen LogP contribution in [-0.2, 0) is 0 Å². The van der Waals surface area contributed by atoms with Crippen LogP contribution in [0.4, 0.5) is 17.1 Å². The van der Waals surface area contributed by atoms with Crippen molar-refractivity contribution in [3.8, 4) is 27.9 Å². The summed E-state index contributed by atoms with van der Waals surface area (Å²) < 4.78 is 9.04. The zero-order chi connectivity index (χ0) is 37.5. The van der Waals surface area contributed by atoms with Gasteiger partial charge in [-0.2, -0.15) is 0 Å². The van der Waals surface area contributed by atoms with Crippen molar-refractivity contribution in [1.29, 1.82) is 0 Å². The summed E-state index contributed by atoms with van der Waals surface area (Å²) in [6.07, 6.45) is 0. The van der Waals surface area contributed by atoms with Crippen molar-refractivity contribution in [1.82, 2.24) is 4.57 Å². The lowest BCUT2D eigenvalue weighted by molar-refractivity contribution is 0.669. The van der Waals surface area contributed by atoms with Crippen LogP contribution in [0.3, 0.4) is 0 Å². The van der Waals surface area contributed by atoms with Crippen LogP contribution in [0.1, 0.15) is 0 Å². The van der Waals surface area contributed by atoms with Crippen LogP contribution in [0.25, 0.3) is 93.2 Å². The number of anilines is 3. The van der Waals surface area contributed by atoms with Gasteiger partial charge in [-0.05, 0) is 104 Å². The molecule has 3 nitrogen and oxygen atoms in total. The highest BCUT2D eigenvalue weighted by atomic mass is 16.3. The van der Waals surface area contributed by atoms with E-state index in [-0.39, 0.29) is 0 Å². The first-order valence-corrected chi connectivity index (χ1v) is 19.5. The molecule has 57 heavy (non-hydrogen) atoms. The number of aromatic nitrogens is 1. The van der Waals surface area contributed by atoms with Gasteiger partial charge in [0.1, 0.15) is 5.58 Å². The zero-order valence-electron chi connectivity index (χ0n) is 30.9. The van der Waals surface area contributed by atoms with Crippen molar-refractivity contribution < 1.29 is 4.42 Å². The second kappa shape index (κ2) is 12.5. The maximum Gasteiger partial charge on any atom is 0.159 e. The third-order valence-corrected chi connectivity index (χ3v) is 11.7. The van der Waals surface area contributed by atoms with E-state index in [4.69, 9.17) is 4.42 Å². The smallest absolute Gasteiger partial charge is 0.159 e. The van der Waals surface area contributed by atoms with Crippen LogP contribution >= 0.6 is 0 Å². The van der Waals surface area contributed by atoms with Gasteiger partial charge in [0.15, 0.2) is 5.58 Å². The summed E-state index contributed by atoms with van der Waals surface area (Å²) in [5, 5.41) is 9.90. The average molecular weight is 727 g/mol. The SMILES string of the molecule is c1cc(-c2ccc(N(c3ccc(-c4cccc5ccccc45)cc3)c3cccc4c3oc3ccccc34)cc2)cc(-n2c3cccc4ccc5cccc2c5c43)c1. The quantitative estimate of drug-likeness (QED) is 0.159. The molecule has 0 fully saturated rings. The first-order chi connectivity index (χ1) is 28.3. The molecule has 0 bridgehead atoms. The normalized spacial score (nSPS) is 11.9. The Morgan fingerprint density at radius 2 is 0.965 bits per heavy atom. The van der Waals surface area contributed by atoms with Crippen LogP contribution in [0.2, 0.25) is 0 Å². The highest BCUT2D eigenvalue weighted by molar-refractivity contribution is 6.24. The van der Waals surface area contributed by atoms with E-state index in [0.717, 1.165) is 50.3 Å². The molecule has 0 aliphatic rings. The van der Waals surface area contributed by atoms with Gasteiger partial charge in [-0.15, -0.1) is 0 Å². The molecule has 12 rings (SSSR count). The monoisotopic (exact) mass is 726 g/mol. The van der Waals surface area contributed by atoms with Crippen molar-refractivity contribution in [3.63, 3.8) is 0 Å². The van der Waals surface area contributed by atoms with Crippen LogP contribution in [0.15, 0.2) is 211 Å². The number of hydrogen-bond acceptors (Lipinski definition) is 2. The molecule has 0 amide bonds. The Hall–Kier alpha value is -7.62. The molecule has 3 heteroatoms. The summed E-state index contributed by atoms with van der Waals surface area (Å²) in [5.41, 5.74) is 13.2. The number of rotatable bonds is 6. The van der Waals surface area contributed by atoms with Gasteiger partial charge in [-0.1, -0.05) is 146 Å². The van der Waals surface area contributed by atoms with Gasteiger partial charge >= 0.3 is 0 Å². The Morgan fingerprint density at radius 3 is 1.72 bits per heavy atom. The van der Waals surface area contributed by atoms with E-state index in [1.807, 2.05) is 12.1 Å². The Balaban J connectivity index is 0.976. The number of fused-ring (bicyclic) bond motifs is 4. The molecule has 0 N–H and O–H groups in total. The number of nitrogens with zero attached hydrogens (tertiary/aromatic N) is 2. The van der Waals surface area contributed by atoms with Crippen molar-refractivity contribution >= 4 is 82.4 Å². The van der Waals surface area contributed by atoms with E-state index >= 15 is 0 Å². The van der Waals surface area contributed by atoms with Crippen LogP contribution in [0.5, 0.6) is 0 Å². The third-order valence-electron chi connectivity index (χ3n) is 11.7. The van der Waals surface area contributed by atoms with Crippen molar-refractivity contribution in [2.24, 2.45) is 0 Å². The fourth-order valence-corrected chi connectivity index (χ4v) is 9.13. The van der Waals surface area contributed by atoms with Gasteiger partial charge < -0.3 is 13.9 Å². The van der Waals surface area contributed by atoms with Gasteiger partial charge in [0.2, 0.25) is 0 Å². The van der Waals surface area contributed by atoms with Crippen LogP contribution in [0, 0.1) is 0 Å². The number of hydrogen-bond donors (Lipinski definition) is 0. The lowest BCUT2D eigenvalue weighted by Gasteiger charge is -2.26. The maximum atomic E-state index is 6.62. The molecule has 0 spiro atoms. The van der Waals surface area contributed by atoms with E-state index < -0.39 is 0 Å². The van der Waals surface area contributed by atoms with Gasteiger partial charge in [0, 0.05) is 38.6 Å². The first kappa shape index (κ1) is 31.7. The highest BCUT2D eigenvalue weighted by Gasteiger charge is 2.21. The zero-order valence-corrected chi connectivity index (χ0v) is 30.9. The maximum absolute atomic E-state index is 6.62. The van der Waals surface area contributed by atoms with E-state index in [9.17, 15) is 0 Å². The van der Waals surface area contributed by atoms with Crippen LogP contribution < -0.4 is 4.90 Å². The minimum absolute atomic E-state index is 0.866. The molecule has 0 saturated carbocycles. The standard InChI is InChI=1S/C54H34N2O/c1-2-16-44-36(10-1)11-6-18-45(44)37-28-32-42(33-29-37)55(50-22-9-19-47-46-17-3-4-23-51(46)57-54(47)50)41-30-26-35(27-31-41)40-14-5-15-43(34-40)56-48-20-7-12-38-24-25-39-13-8-21-49(56)53(39)52(38)48/h1-34H. The summed E-state index contributed by atoms with van der Waals surface area (Å²) in [6.45, 7) is 0. The third kappa shape index (κ3) is 4.92. The van der Waals surface area contributed by atoms with E-state index in [0.29, 0.717) is 0 Å². The van der Waals surface area contributed by atoms with E-state index in [2.05, 4.69) is 204 Å². The lowest BCUT2D eigenvalue weighted by Crippen LogP contribution is -2.10. The van der Waals surface area contributed by atoms with Gasteiger partial charge in [0.25, 0.3) is 0 Å². The number of para-hydroxylation sites is 2. The Bertz CT molecular complexity index is 3390. The molecule has 2 heterocycles. The topological polar surface area (TPSA) is 21.3 Å². The molecule has 0 aliphatic heterocycles. The molecule has 0 unspecified atom stereocenters. The second-order valence-corrected chi connectivity index (χ2v) is 14.9. The predicted octanol–water partition coefficient (Wildman–Crippen LogP) is 15.2. The van der Waals surface area contributed by atoms with Gasteiger partial charge in [0.05, 0.1) is 16.7 Å². The fraction of sp³-hybridized carbons (Fsp3) is 0. The first-order valence-electron chi connectivity index (χ1n) is 19.5. The summed E-state index contributed by atoms with van der Waals surface area (Å²) in [4.78, 5) is 2.32. The minimum Gasteiger partial charge on any atom is -0.454 e. The summed E-state index contributed by atoms with van der Waals surface area (Å²) in [7, 11) is 0. The molecular formula is C54H34N2O. The minimum atomic E-state index is 0.866. The molecule has 12 aromatic rings. The summed E-state index contributed by atoms with van der Waals surface area (Å²) >= 11 is 0. The number of furan rings is 1. The van der Waals surface area contributed by atoms with Crippen molar-refractivity contribution in [2.75, 3.05) is 4.90 Å². The molecule has 0 atom stereocenters. The van der Waals surface area contributed by atoms with Crippen molar-refractivity contribution in [2.45, 2.75) is 0 Å². The lowest BCUT2D eigenvalue weighted by atomic mass is 9.98. The molecule has 0 aliphatic carbocycles. The van der Waals surface area contributed by atoms with Gasteiger partial charge in [-0.25, -0.2) is 0 Å². The van der Waals surface area contributed by atoms with Crippen molar-refractivity contribution in [3.05, 3.63) is 206 Å². The van der Waals surface area contributed by atoms with E-state index in [1.54, 1.807) is 0 Å². The predicted molar refractivity (Wildman–Crippen MR) is 240 cm³/mol. The molecular weight excluding hydrogens is 693 g/mol. The summed E-state index contributed by atoms with van der Waals surface area (Å²) in [6, 6.07) is 74.4. The average Bonchev–Trinajstić information content (AvgIpc) is 3.84. The van der Waals surface area contributed by atoms with Gasteiger partial charge in [-0.3, -0.25) is 0 Å². The Labute approximate surface area is 329 Å². The fourth-order valence-electron chi connectivity index (χ4n) is 9.13. The van der Waals surface area contributed by atoms with E-state index in [1.165, 1.54) is 60.0 Å². The Kier molecular flexibility index (Phi) is 6.93. The second-order valence-electron chi connectivity index (χ2n) is 14.9. The molecule has 2 aromatic heterocycles. The molecule has 266 valence electrons. The Morgan fingerprint density at radius 1 is 0.386 bits per heavy atom.